The van der Waals surface area contributed by atoms with Crippen molar-refractivity contribution >= 4 is 16.8 Å². The number of aromatic nitrogens is 1. The van der Waals surface area contributed by atoms with Crippen molar-refractivity contribution in [3.63, 3.8) is 0 Å². The molecular weight excluding hydrogens is 288 g/mol. The summed E-state index contributed by atoms with van der Waals surface area (Å²) < 4.78 is 0. The number of carbonyl (C=O) groups is 1. The number of nitrogens with zero attached hydrogens (tertiary/aromatic N) is 1. The van der Waals surface area contributed by atoms with Crippen molar-refractivity contribution in [2.75, 3.05) is 6.54 Å². The lowest BCUT2D eigenvalue weighted by Crippen LogP contribution is -2.25. The molecule has 4 nitrogen and oxygen atoms in total. The number of aryl methyl sites for hydroxylation is 1. The van der Waals surface area contributed by atoms with Gasteiger partial charge >= 0.3 is 0 Å². The van der Waals surface area contributed by atoms with Crippen LogP contribution in [0.4, 0.5) is 0 Å². The first-order valence-electron chi connectivity index (χ1n) is 7.55. The van der Waals surface area contributed by atoms with Gasteiger partial charge in [-0.15, -0.1) is 0 Å². The maximum atomic E-state index is 12.3. The minimum Gasteiger partial charge on any atom is -0.505 e. The second-order valence-corrected chi connectivity index (χ2v) is 5.53. The molecule has 23 heavy (non-hydrogen) atoms. The zero-order valence-electron chi connectivity index (χ0n) is 12.9. The van der Waals surface area contributed by atoms with Crippen LogP contribution in [0.25, 0.3) is 10.9 Å². The van der Waals surface area contributed by atoms with Crippen LogP contribution in [-0.2, 0) is 6.42 Å². The van der Waals surface area contributed by atoms with E-state index in [-0.39, 0.29) is 17.2 Å². The van der Waals surface area contributed by atoms with Gasteiger partial charge in [0.15, 0.2) is 5.75 Å². The first-order chi connectivity index (χ1) is 11.1. The van der Waals surface area contributed by atoms with E-state index in [2.05, 4.69) is 34.6 Å². The zero-order chi connectivity index (χ0) is 16.2. The third kappa shape index (κ3) is 3.31. The molecule has 0 saturated heterocycles. The Kier molecular flexibility index (Phi) is 4.24. The number of amides is 1. The fraction of sp³-hybridized carbons (Fsp3) is 0.158. The van der Waals surface area contributed by atoms with Crippen LogP contribution >= 0.6 is 0 Å². The van der Waals surface area contributed by atoms with Crippen molar-refractivity contribution in [1.82, 2.24) is 10.3 Å². The molecular formula is C19H18N2O2. The smallest absolute Gasteiger partial charge is 0.255 e. The molecule has 0 fully saturated rings. The van der Waals surface area contributed by atoms with E-state index in [1.165, 1.54) is 11.1 Å². The maximum absolute atomic E-state index is 12.3. The third-order valence-corrected chi connectivity index (χ3v) is 3.81. The Balaban J connectivity index is 1.68. The SMILES string of the molecule is Cc1ccc(CCNC(=O)c2ccc3cccnc3c2O)cc1. The second kappa shape index (κ2) is 6.48. The normalized spacial score (nSPS) is 10.7. The monoisotopic (exact) mass is 306 g/mol. The van der Waals surface area contributed by atoms with Gasteiger partial charge in [0.2, 0.25) is 0 Å². The highest BCUT2D eigenvalue weighted by atomic mass is 16.3. The number of benzene rings is 2. The highest BCUT2D eigenvalue weighted by molar-refractivity contribution is 6.02. The molecule has 0 radical (unpaired) electrons. The Morgan fingerprint density at radius 2 is 1.91 bits per heavy atom. The van der Waals surface area contributed by atoms with Crippen molar-refractivity contribution in [2.24, 2.45) is 0 Å². The number of carbonyl (C=O) groups excluding carboxylic acids is 1. The van der Waals surface area contributed by atoms with Gasteiger partial charge in [0, 0.05) is 18.1 Å². The zero-order valence-corrected chi connectivity index (χ0v) is 12.9. The van der Waals surface area contributed by atoms with Crippen LogP contribution < -0.4 is 5.32 Å². The van der Waals surface area contributed by atoms with Gasteiger partial charge < -0.3 is 10.4 Å². The Labute approximate surface area is 134 Å². The number of phenolic OH excluding ortho intramolecular Hbond substituents is 1. The minimum atomic E-state index is -0.290. The number of hydrogen-bond acceptors (Lipinski definition) is 3. The van der Waals surface area contributed by atoms with Crippen LogP contribution in [0.2, 0.25) is 0 Å². The van der Waals surface area contributed by atoms with Gasteiger partial charge in [0.05, 0.1) is 5.56 Å². The maximum Gasteiger partial charge on any atom is 0.255 e. The van der Waals surface area contributed by atoms with Gasteiger partial charge in [0.1, 0.15) is 5.52 Å². The third-order valence-electron chi connectivity index (χ3n) is 3.81. The quantitative estimate of drug-likeness (QED) is 0.778. The number of hydrogen-bond donors (Lipinski definition) is 2. The lowest BCUT2D eigenvalue weighted by atomic mass is 10.1. The van der Waals surface area contributed by atoms with Crippen molar-refractivity contribution < 1.29 is 9.90 Å². The Morgan fingerprint density at radius 3 is 2.70 bits per heavy atom. The van der Waals surface area contributed by atoms with Crippen LogP contribution in [0.1, 0.15) is 21.5 Å². The fourth-order valence-corrected chi connectivity index (χ4v) is 2.48. The topological polar surface area (TPSA) is 62.2 Å². The summed E-state index contributed by atoms with van der Waals surface area (Å²) in [5.74, 6) is -0.363. The van der Waals surface area contributed by atoms with Gasteiger partial charge in [-0.25, -0.2) is 0 Å². The number of phenols is 1. The molecule has 2 N–H and O–H groups in total. The van der Waals surface area contributed by atoms with Crippen molar-refractivity contribution in [1.29, 1.82) is 0 Å². The lowest BCUT2D eigenvalue weighted by molar-refractivity contribution is 0.0951. The number of pyridine rings is 1. The van der Waals surface area contributed by atoms with Crippen molar-refractivity contribution in [2.45, 2.75) is 13.3 Å². The summed E-state index contributed by atoms with van der Waals surface area (Å²) >= 11 is 0. The molecule has 3 rings (SSSR count). The Hall–Kier alpha value is -2.88. The highest BCUT2D eigenvalue weighted by Gasteiger charge is 2.13. The summed E-state index contributed by atoms with van der Waals surface area (Å²) in [6.07, 6.45) is 2.35. The lowest BCUT2D eigenvalue weighted by Gasteiger charge is -2.09. The Morgan fingerprint density at radius 1 is 1.13 bits per heavy atom. The molecule has 0 aliphatic heterocycles. The van der Waals surface area contributed by atoms with E-state index in [0.717, 1.165) is 11.8 Å². The van der Waals surface area contributed by atoms with Crippen LogP contribution in [0.5, 0.6) is 5.75 Å². The molecule has 0 atom stereocenters. The standard InChI is InChI=1S/C19H18N2O2/c1-13-4-6-14(7-5-13)10-12-21-19(23)16-9-8-15-3-2-11-20-17(15)18(16)22/h2-9,11,22H,10,12H2,1H3,(H,21,23). The molecule has 1 amide bonds. The molecule has 0 saturated carbocycles. The van der Waals surface area contributed by atoms with Gasteiger partial charge in [-0.05, 0) is 31.0 Å². The molecule has 1 heterocycles. The molecule has 1 aromatic heterocycles. The van der Waals surface area contributed by atoms with Crippen LogP contribution in [-0.4, -0.2) is 22.5 Å². The second-order valence-electron chi connectivity index (χ2n) is 5.53. The molecule has 4 heteroatoms. The molecule has 3 aromatic rings. The predicted molar refractivity (Wildman–Crippen MR) is 90.6 cm³/mol. The summed E-state index contributed by atoms with van der Waals surface area (Å²) in [7, 11) is 0. The number of aromatic hydroxyl groups is 1. The van der Waals surface area contributed by atoms with E-state index in [0.29, 0.717) is 12.1 Å². The average Bonchev–Trinajstić information content (AvgIpc) is 2.57. The number of rotatable bonds is 4. The van der Waals surface area contributed by atoms with E-state index in [9.17, 15) is 9.90 Å². The van der Waals surface area contributed by atoms with Crippen LogP contribution in [0.15, 0.2) is 54.7 Å². The number of fused-ring (bicyclic) bond motifs is 1. The highest BCUT2D eigenvalue weighted by Crippen LogP contribution is 2.26. The summed E-state index contributed by atoms with van der Waals surface area (Å²) in [5.41, 5.74) is 3.07. The van der Waals surface area contributed by atoms with E-state index >= 15 is 0 Å². The van der Waals surface area contributed by atoms with E-state index in [1.807, 2.05) is 13.0 Å². The van der Waals surface area contributed by atoms with Gasteiger partial charge in [-0.3, -0.25) is 9.78 Å². The van der Waals surface area contributed by atoms with Crippen LogP contribution in [0.3, 0.4) is 0 Å². The number of nitrogens with one attached hydrogen (secondary N) is 1. The minimum absolute atomic E-state index is 0.0732. The predicted octanol–water partition coefficient (Wildman–Crippen LogP) is 3.22. The summed E-state index contributed by atoms with van der Waals surface area (Å²) in [6.45, 7) is 2.56. The molecule has 0 aliphatic carbocycles. The first kappa shape index (κ1) is 15.0. The van der Waals surface area contributed by atoms with Gasteiger partial charge in [-0.2, -0.15) is 0 Å². The Bertz CT molecular complexity index is 842. The molecule has 2 aromatic carbocycles. The summed E-state index contributed by atoms with van der Waals surface area (Å²) in [5, 5.41) is 13.9. The van der Waals surface area contributed by atoms with E-state index in [1.54, 1.807) is 24.4 Å². The first-order valence-corrected chi connectivity index (χ1v) is 7.55. The van der Waals surface area contributed by atoms with E-state index in [4.69, 9.17) is 0 Å². The van der Waals surface area contributed by atoms with E-state index < -0.39 is 0 Å². The molecule has 0 spiro atoms. The summed E-state index contributed by atoms with van der Waals surface area (Å²) in [6, 6.07) is 15.3. The van der Waals surface area contributed by atoms with Crippen molar-refractivity contribution in [3.05, 3.63) is 71.4 Å². The largest absolute Gasteiger partial charge is 0.505 e. The molecule has 0 bridgehead atoms. The fourth-order valence-electron chi connectivity index (χ4n) is 2.48. The average molecular weight is 306 g/mol. The summed E-state index contributed by atoms with van der Waals surface area (Å²) in [4.78, 5) is 16.4. The van der Waals surface area contributed by atoms with Crippen molar-refractivity contribution in [3.8, 4) is 5.75 Å². The molecule has 0 unspecified atom stereocenters. The molecule has 116 valence electrons. The molecule has 0 aliphatic rings. The van der Waals surface area contributed by atoms with Gasteiger partial charge in [-0.1, -0.05) is 42.0 Å². The van der Waals surface area contributed by atoms with Gasteiger partial charge in [0.25, 0.3) is 5.91 Å². The van der Waals surface area contributed by atoms with Crippen LogP contribution in [0, 0.1) is 6.92 Å².